The second-order valence-electron chi connectivity index (χ2n) is 7.00. The molecule has 156 valence electrons. The Morgan fingerprint density at radius 2 is 1.80 bits per heavy atom. The molecular weight excluding hydrogens is 382 g/mol. The van der Waals surface area contributed by atoms with Gasteiger partial charge in [-0.1, -0.05) is 6.07 Å². The van der Waals surface area contributed by atoms with Gasteiger partial charge in [-0.05, 0) is 31.2 Å². The number of nitrogens with one attached hydrogen (secondary N) is 1. The Kier molecular flexibility index (Phi) is 6.31. The Bertz CT molecular complexity index is 963. The van der Waals surface area contributed by atoms with Crippen LogP contribution in [0.15, 0.2) is 48.8 Å². The Hall–Kier alpha value is -3.30. The first kappa shape index (κ1) is 20.0. The lowest BCUT2D eigenvalue weighted by atomic mass is 10.3. The van der Waals surface area contributed by atoms with E-state index in [1.807, 2.05) is 43.3 Å². The summed E-state index contributed by atoms with van der Waals surface area (Å²) in [5.41, 5.74) is 0.825. The molecule has 0 atom stereocenters. The van der Waals surface area contributed by atoms with E-state index in [0.29, 0.717) is 30.0 Å². The van der Waals surface area contributed by atoms with Crippen LogP contribution in [-0.4, -0.2) is 69.3 Å². The van der Waals surface area contributed by atoms with Gasteiger partial charge in [0.2, 0.25) is 11.9 Å². The van der Waals surface area contributed by atoms with Crippen LogP contribution < -0.4 is 15.0 Å². The Morgan fingerprint density at radius 3 is 2.57 bits per heavy atom. The third-order valence-electron chi connectivity index (χ3n) is 4.78. The first-order chi connectivity index (χ1) is 14.7. The van der Waals surface area contributed by atoms with Crippen molar-refractivity contribution in [2.75, 3.05) is 49.5 Å². The van der Waals surface area contributed by atoms with Crippen LogP contribution in [0.4, 0.5) is 17.6 Å². The molecule has 30 heavy (non-hydrogen) atoms. The molecule has 1 aliphatic rings. The van der Waals surface area contributed by atoms with Crippen LogP contribution in [0.25, 0.3) is 0 Å². The van der Waals surface area contributed by atoms with Crippen LogP contribution >= 0.6 is 0 Å². The van der Waals surface area contributed by atoms with Gasteiger partial charge in [0.1, 0.15) is 17.3 Å². The second-order valence-corrected chi connectivity index (χ2v) is 7.00. The molecule has 0 aliphatic carbocycles. The number of aromatic nitrogens is 4. The third kappa shape index (κ3) is 5.19. The predicted octanol–water partition coefficient (Wildman–Crippen LogP) is 2.23. The van der Waals surface area contributed by atoms with Gasteiger partial charge in [-0.15, -0.1) is 0 Å². The molecule has 0 bridgehead atoms. The maximum absolute atomic E-state index is 9.11. The van der Waals surface area contributed by atoms with E-state index in [4.69, 9.17) is 9.84 Å². The molecule has 3 heterocycles. The number of rotatable bonds is 7. The van der Waals surface area contributed by atoms with Crippen LogP contribution in [0.2, 0.25) is 0 Å². The molecule has 0 spiro atoms. The van der Waals surface area contributed by atoms with Gasteiger partial charge in [-0.25, -0.2) is 0 Å². The fourth-order valence-electron chi connectivity index (χ4n) is 3.29. The van der Waals surface area contributed by atoms with Gasteiger partial charge >= 0.3 is 0 Å². The van der Waals surface area contributed by atoms with Crippen molar-refractivity contribution < 1.29 is 9.84 Å². The fourth-order valence-corrected chi connectivity index (χ4v) is 3.29. The molecule has 2 aromatic heterocycles. The van der Waals surface area contributed by atoms with Crippen molar-refractivity contribution in [3.63, 3.8) is 0 Å². The number of piperazine rings is 1. The zero-order chi connectivity index (χ0) is 20.8. The van der Waals surface area contributed by atoms with E-state index < -0.39 is 0 Å². The highest BCUT2D eigenvalue weighted by Crippen LogP contribution is 2.25. The quantitative estimate of drug-likeness (QED) is 0.611. The van der Waals surface area contributed by atoms with E-state index in [-0.39, 0.29) is 6.61 Å². The number of aliphatic hydroxyl groups excluding tert-OH is 1. The maximum atomic E-state index is 9.11. The molecule has 9 nitrogen and oxygen atoms in total. The standard InChI is InChI=1S/C21H25N7O2/c1-16-23-20(26-21(24-16)28-11-9-27(10-12-28)13-14-29)25-17-3-2-4-19(15-17)30-18-5-7-22-8-6-18/h2-8,15,29H,9-14H2,1H3,(H,23,24,25,26). The molecular formula is C21H25N7O2. The van der Waals surface area contributed by atoms with E-state index in [0.717, 1.165) is 37.6 Å². The summed E-state index contributed by atoms with van der Waals surface area (Å²) in [5.74, 6) is 3.25. The van der Waals surface area contributed by atoms with Gasteiger partial charge in [0.15, 0.2) is 0 Å². The van der Waals surface area contributed by atoms with Gasteiger partial charge in [0, 0.05) is 56.9 Å². The summed E-state index contributed by atoms with van der Waals surface area (Å²) in [6, 6.07) is 11.2. The van der Waals surface area contributed by atoms with E-state index >= 15 is 0 Å². The number of ether oxygens (including phenoxy) is 1. The molecule has 1 aromatic carbocycles. The first-order valence-corrected chi connectivity index (χ1v) is 9.95. The lowest BCUT2D eigenvalue weighted by Crippen LogP contribution is -2.47. The highest BCUT2D eigenvalue weighted by Gasteiger charge is 2.19. The summed E-state index contributed by atoms with van der Waals surface area (Å²) in [5, 5.41) is 12.4. The molecule has 3 aromatic rings. The zero-order valence-electron chi connectivity index (χ0n) is 16.9. The van der Waals surface area contributed by atoms with Gasteiger partial charge in [0.25, 0.3) is 0 Å². The minimum atomic E-state index is 0.183. The molecule has 4 rings (SSSR count). The Balaban J connectivity index is 1.45. The number of anilines is 3. The highest BCUT2D eigenvalue weighted by molar-refractivity contribution is 5.57. The number of aliphatic hydroxyl groups is 1. The summed E-state index contributed by atoms with van der Waals surface area (Å²) in [6.45, 7) is 6.14. The van der Waals surface area contributed by atoms with Crippen LogP contribution in [0.1, 0.15) is 5.82 Å². The summed E-state index contributed by atoms with van der Waals surface area (Å²) in [4.78, 5) is 21.9. The van der Waals surface area contributed by atoms with Crippen LogP contribution in [0, 0.1) is 6.92 Å². The van der Waals surface area contributed by atoms with Gasteiger partial charge in [-0.2, -0.15) is 15.0 Å². The number of benzene rings is 1. The van der Waals surface area contributed by atoms with Crippen molar-refractivity contribution in [2.24, 2.45) is 0 Å². The SMILES string of the molecule is Cc1nc(Nc2cccc(Oc3ccncc3)c2)nc(N2CCN(CCO)CC2)n1. The van der Waals surface area contributed by atoms with E-state index in [9.17, 15) is 0 Å². The summed E-state index contributed by atoms with van der Waals surface area (Å²) in [6.07, 6.45) is 3.38. The molecule has 0 amide bonds. The van der Waals surface area contributed by atoms with Gasteiger partial charge < -0.3 is 20.1 Å². The number of β-amino-alcohol motifs (C(OH)–C–C–N with tert-alkyl or cyclic N) is 1. The fraction of sp³-hybridized carbons (Fsp3) is 0.333. The van der Waals surface area contributed by atoms with Crippen molar-refractivity contribution in [3.05, 3.63) is 54.6 Å². The number of hydrogen-bond donors (Lipinski definition) is 2. The van der Waals surface area contributed by atoms with E-state index in [1.165, 1.54) is 0 Å². The highest BCUT2D eigenvalue weighted by atomic mass is 16.5. The average molecular weight is 407 g/mol. The number of nitrogens with zero attached hydrogens (tertiary/aromatic N) is 6. The first-order valence-electron chi connectivity index (χ1n) is 9.95. The van der Waals surface area contributed by atoms with Gasteiger partial charge in [0.05, 0.1) is 6.61 Å². The summed E-state index contributed by atoms with van der Waals surface area (Å²) < 4.78 is 5.87. The molecule has 9 heteroatoms. The number of hydrogen-bond acceptors (Lipinski definition) is 9. The minimum absolute atomic E-state index is 0.183. The molecule has 0 saturated carbocycles. The summed E-state index contributed by atoms with van der Waals surface area (Å²) >= 11 is 0. The normalized spacial score (nSPS) is 14.5. The lowest BCUT2D eigenvalue weighted by Gasteiger charge is -2.34. The molecule has 0 radical (unpaired) electrons. The smallest absolute Gasteiger partial charge is 0.232 e. The average Bonchev–Trinajstić information content (AvgIpc) is 2.75. The largest absolute Gasteiger partial charge is 0.457 e. The third-order valence-corrected chi connectivity index (χ3v) is 4.78. The monoisotopic (exact) mass is 407 g/mol. The maximum Gasteiger partial charge on any atom is 0.232 e. The molecule has 1 aliphatic heterocycles. The predicted molar refractivity (Wildman–Crippen MR) is 114 cm³/mol. The Labute approximate surface area is 175 Å². The van der Waals surface area contributed by atoms with Crippen molar-refractivity contribution in [3.8, 4) is 11.5 Å². The molecule has 2 N–H and O–H groups in total. The number of pyridine rings is 1. The topological polar surface area (TPSA) is 99.5 Å². The van der Waals surface area contributed by atoms with Crippen molar-refractivity contribution in [1.82, 2.24) is 24.8 Å². The van der Waals surface area contributed by atoms with Crippen molar-refractivity contribution in [1.29, 1.82) is 0 Å². The van der Waals surface area contributed by atoms with E-state index in [2.05, 4.69) is 35.1 Å². The lowest BCUT2D eigenvalue weighted by molar-refractivity contribution is 0.188. The zero-order valence-corrected chi connectivity index (χ0v) is 16.9. The molecule has 1 saturated heterocycles. The number of aryl methyl sites for hydroxylation is 1. The van der Waals surface area contributed by atoms with Crippen molar-refractivity contribution in [2.45, 2.75) is 6.92 Å². The summed E-state index contributed by atoms with van der Waals surface area (Å²) in [7, 11) is 0. The minimum Gasteiger partial charge on any atom is -0.457 e. The molecule has 1 fully saturated rings. The molecule has 0 unspecified atom stereocenters. The van der Waals surface area contributed by atoms with Crippen LogP contribution in [0.3, 0.4) is 0 Å². The van der Waals surface area contributed by atoms with Crippen LogP contribution in [0.5, 0.6) is 11.5 Å². The van der Waals surface area contributed by atoms with Crippen molar-refractivity contribution >= 4 is 17.6 Å². The van der Waals surface area contributed by atoms with Gasteiger partial charge in [-0.3, -0.25) is 9.88 Å². The van der Waals surface area contributed by atoms with Crippen LogP contribution in [-0.2, 0) is 0 Å². The van der Waals surface area contributed by atoms with E-state index in [1.54, 1.807) is 12.4 Å². The second kappa shape index (κ2) is 9.47. The Morgan fingerprint density at radius 1 is 1.00 bits per heavy atom.